The molecule has 1 aromatic rings. The van der Waals surface area contributed by atoms with Gasteiger partial charge >= 0.3 is 5.97 Å². The predicted octanol–water partition coefficient (Wildman–Crippen LogP) is 1.87. The first kappa shape index (κ1) is 16.5. The lowest BCUT2D eigenvalue weighted by Crippen LogP contribution is -2.48. The average molecular weight is 338 g/mol. The van der Waals surface area contributed by atoms with Gasteiger partial charge in [0.25, 0.3) is 0 Å². The number of hydrogen-bond acceptors (Lipinski definition) is 8. The Morgan fingerprint density at radius 1 is 1.36 bits per heavy atom. The van der Waals surface area contributed by atoms with Gasteiger partial charge in [0.1, 0.15) is 11.7 Å². The molecule has 1 aliphatic heterocycles. The van der Waals surface area contributed by atoms with Gasteiger partial charge in [0.05, 0.1) is 37.0 Å². The Kier molecular flexibility index (Phi) is 3.37. The highest BCUT2D eigenvalue weighted by atomic mass is 16.5. The Morgan fingerprint density at radius 2 is 2.04 bits per heavy atom. The van der Waals surface area contributed by atoms with Crippen molar-refractivity contribution in [3.05, 3.63) is 24.2 Å². The second-order valence-electron chi connectivity index (χ2n) is 6.15. The molecule has 1 saturated carbocycles. The fraction of sp³-hybridized carbons (Fsp3) is 0.471. The summed E-state index contributed by atoms with van der Waals surface area (Å²) in [6.45, 7) is 3.11. The summed E-state index contributed by atoms with van der Waals surface area (Å²) in [7, 11) is 0. The predicted molar refractivity (Wildman–Crippen MR) is 80.5 cm³/mol. The molecule has 0 radical (unpaired) electrons. The van der Waals surface area contributed by atoms with Crippen molar-refractivity contribution in [2.24, 2.45) is 16.7 Å². The van der Waals surface area contributed by atoms with Crippen LogP contribution in [0, 0.1) is 56.2 Å². The van der Waals surface area contributed by atoms with Gasteiger partial charge in [-0.05, 0) is 26.0 Å². The average Bonchev–Trinajstić information content (AvgIpc) is 3.21. The number of hydrogen-bond donors (Lipinski definition) is 1. The highest BCUT2D eigenvalue weighted by molar-refractivity contribution is 5.96. The van der Waals surface area contributed by atoms with E-state index in [9.17, 15) is 20.6 Å². The van der Waals surface area contributed by atoms with Crippen LogP contribution >= 0.6 is 0 Å². The minimum Gasteiger partial charge on any atom is -0.470 e. The molecule has 126 valence electrons. The Hall–Kier alpha value is -3.31. The van der Waals surface area contributed by atoms with E-state index in [-0.39, 0.29) is 12.4 Å². The largest absolute Gasteiger partial charge is 0.470 e. The van der Waals surface area contributed by atoms with E-state index in [0.717, 1.165) is 0 Å². The summed E-state index contributed by atoms with van der Waals surface area (Å²) in [6, 6.07) is 8.80. The van der Waals surface area contributed by atoms with Gasteiger partial charge in [0, 0.05) is 0 Å². The third kappa shape index (κ3) is 1.53. The van der Waals surface area contributed by atoms with E-state index in [4.69, 9.17) is 19.3 Å². The Morgan fingerprint density at radius 3 is 2.52 bits per heavy atom. The van der Waals surface area contributed by atoms with Crippen molar-refractivity contribution < 1.29 is 18.7 Å². The summed E-state index contributed by atoms with van der Waals surface area (Å²) < 4.78 is 16.0. The molecule has 0 spiro atoms. The maximum absolute atomic E-state index is 12.7. The van der Waals surface area contributed by atoms with E-state index in [0.29, 0.717) is 0 Å². The number of carbonyl (C=O) groups is 1. The molecule has 0 unspecified atom stereocenters. The van der Waals surface area contributed by atoms with E-state index in [2.05, 4.69) is 0 Å². The van der Waals surface area contributed by atoms with E-state index < -0.39 is 40.1 Å². The number of esters is 1. The number of nitriles is 3. The van der Waals surface area contributed by atoms with Crippen LogP contribution in [0.5, 0.6) is 0 Å². The molecule has 1 N–H and O–H groups in total. The van der Waals surface area contributed by atoms with Crippen molar-refractivity contribution in [3.8, 4) is 18.2 Å². The molecule has 4 atom stereocenters. The zero-order valence-corrected chi connectivity index (χ0v) is 13.6. The molecular weight excluding hydrogens is 324 g/mol. The van der Waals surface area contributed by atoms with Crippen molar-refractivity contribution in [2.45, 2.75) is 25.4 Å². The number of fused-ring (bicyclic) bond motifs is 2. The lowest BCUT2D eigenvalue weighted by molar-refractivity contribution is -0.157. The van der Waals surface area contributed by atoms with Gasteiger partial charge in [-0.1, -0.05) is 0 Å². The van der Waals surface area contributed by atoms with Gasteiger partial charge in [0.15, 0.2) is 11.0 Å². The molecule has 8 nitrogen and oxygen atoms in total. The summed E-state index contributed by atoms with van der Waals surface area (Å²) in [6.07, 6.45) is 1.36. The maximum atomic E-state index is 12.7. The number of nitrogens with one attached hydrogen (secondary N) is 1. The third-order valence-electron chi connectivity index (χ3n) is 5.30. The highest BCUT2D eigenvalue weighted by Crippen LogP contribution is 2.73. The number of carbonyl (C=O) groups excluding carboxylic acids is 1. The van der Waals surface area contributed by atoms with Crippen LogP contribution in [-0.4, -0.2) is 24.1 Å². The van der Waals surface area contributed by atoms with Crippen LogP contribution < -0.4 is 0 Å². The fourth-order valence-electron chi connectivity index (χ4n) is 4.24. The molecule has 2 bridgehead atoms. The number of furan rings is 1. The maximum Gasteiger partial charge on any atom is 0.313 e. The molecular formula is C17H14N4O4. The summed E-state index contributed by atoms with van der Waals surface area (Å²) in [4.78, 5) is 12.7. The van der Waals surface area contributed by atoms with Crippen LogP contribution in [0.15, 0.2) is 22.8 Å². The molecule has 1 aliphatic carbocycles. The van der Waals surface area contributed by atoms with Crippen molar-refractivity contribution >= 4 is 11.9 Å². The second kappa shape index (κ2) is 5.09. The third-order valence-corrected chi connectivity index (χ3v) is 5.30. The molecule has 1 aromatic heterocycles. The monoisotopic (exact) mass is 338 g/mol. The van der Waals surface area contributed by atoms with E-state index in [1.54, 1.807) is 19.1 Å². The van der Waals surface area contributed by atoms with E-state index in [1.165, 1.54) is 13.2 Å². The lowest BCUT2D eigenvalue weighted by atomic mass is 9.62. The second-order valence-corrected chi connectivity index (χ2v) is 6.15. The van der Waals surface area contributed by atoms with Crippen LogP contribution in [-0.2, 0) is 14.3 Å². The van der Waals surface area contributed by atoms with Gasteiger partial charge in [0.2, 0.25) is 11.3 Å². The number of rotatable bonds is 3. The Bertz CT molecular complexity index is 858. The quantitative estimate of drug-likeness (QED) is 0.828. The molecule has 2 aliphatic rings. The highest BCUT2D eigenvalue weighted by Gasteiger charge is 2.88. The number of ether oxygens (including phenoxy) is 2. The van der Waals surface area contributed by atoms with Crippen LogP contribution in [0.1, 0.15) is 25.5 Å². The molecule has 0 aromatic carbocycles. The molecule has 0 amide bonds. The van der Waals surface area contributed by atoms with Crippen molar-refractivity contribution in [2.75, 3.05) is 6.61 Å². The van der Waals surface area contributed by atoms with Crippen LogP contribution in [0.4, 0.5) is 0 Å². The first-order chi connectivity index (χ1) is 11.9. The Balaban J connectivity index is 2.38. The Labute approximate surface area is 143 Å². The SMILES string of the molecule is CCOC(=O)[C@H]1[C@H](c2ccco2)[C@]2(C#N)C(=N)O[C@]1(C)C2(C#N)C#N. The van der Waals surface area contributed by atoms with Gasteiger partial charge in [-0.2, -0.15) is 15.8 Å². The summed E-state index contributed by atoms with van der Waals surface area (Å²) >= 11 is 0. The standard InChI is InChI=1S/C17H14N4O4/c1-3-23-13(22)12-11(10-5-4-6-24-10)17(9-20)14(21)25-15(12,2)16(17,7-18)8-19/h4-6,11-12,21H,3H2,1-2H3/t11-,12+,15-,17+/m0/s1. The van der Waals surface area contributed by atoms with Crippen LogP contribution in [0.3, 0.4) is 0 Å². The van der Waals surface area contributed by atoms with Crippen LogP contribution in [0.25, 0.3) is 0 Å². The smallest absolute Gasteiger partial charge is 0.313 e. The number of nitrogens with zero attached hydrogens (tertiary/aromatic N) is 3. The minimum atomic E-state index is -2.05. The van der Waals surface area contributed by atoms with Gasteiger partial charge < -0.3 is 13.9 Å². The summed E-state index contributed by atoms with van der Waals surface area (Å²) in [5, 5.41) is 37.8. The first-order valence-electron chi connectivity index (χ1n) is 7.62. The van der Waals surface area contributed by atoms with E-state index in [1.807, 2.05) is 18.2 Å². The molecule has 2 heterocycles. The fourth-order valence-corrected chi connectivity index (χ4v) is 4.24. The van der Waals surface area contributed by atoms with E-state index >= 15 is 0 Å². The van der Waals surface area contributed by atoms with Crippen molar-refractivity contribution in [3.63, 3.8) is 0 Å². The van der Waals surface area contributed by atoms with Crippen molar-refractivity contribution in [1.29, 1.82) is 21.2 Å². The summed E-state index contributed by atoms with van der Waals surface area (Å²) in [5.74, 6) is -3.18. The van der Waals surface area contributed by atoms with Crippen LogP contribution in [0.2, 0.25) is 0 Å². The topological polar surface area (TPSA) is 144 Å². The van der Waals surface area contributed by atoms with Crippen molar-refractivity contribution in [1.82, 2.24) is 0 Å². The molecule has 2 fully saturated rings. The normalized spacial score (nSPS) is 34.4. The minimum absolute atomic E-state index is 0.0827. The van der Waals surface area contributed by atoms with Gasteiger partial charge in [-0.15, -0.1) is 0 Å². The lowest BCUT2D eigenvalue weighted by Gasteiger charge is -2.35. The molecule has 8 heteroatoms. The molecule has 25 heavy (non-hydrogen) atoms. The van der Waals surface area contributed by atoms with Gasteiger partial charge in [-0.25, -0.2) is 0 Å². The zero-order valence-electron chi connectivity index (χ0n) is 13.6. The molecule has 1 saturated heterocycles. The molecule has 3 rings (SSSR count). The zero-order chi connectivity index (χ0) is 18.5. The first-order valence-corrected chi connectivity index (χ1v) is 7.62. The summed E-state index contributed by atoms with van der Waals surface area (Å²) in [5.41, 5.74) is -5.74. The van der Waals surface area contributed by atoms with Gasteiger partial charge in [-0.3, -0.25) is 10.2 Å².